The monoisotopic (exact) mass is 278 g/mol. The average Bonchev–Trinajstić information content (AvgIpc) is 2.92. The molecule has 0 aliphatic heterocycles. The van der Waals surface area contributed by atoms with Crippen molar-refractivity contribution in [2.24, 2.45) is 0 Å². The van der Waals surface area contributed by atoms with Gasteiger partial charge in [-0.3, -0.25) is 0 Å². The van der Waals surface area contributed by atoms with E-state index in [1.165, 1.54) is 17.3 Å². The van der Waals surface area contributed by atoms with E-state index in [9.17, 15) is 5.11 Å². The highest BCUT2D eigenvalue weighted by Gasteiger charge is 2.13. The van der Waals surface area contributed by atoms with Gasteiger partial charge in [0.25, 0.3) is 5.95 Å². The van der Waals surface area contributed by atoms with E-state index < -0.39 is 6.10 Å². The van der Waals surface area contributed by atoms with Crippen LogP contribution >= 0.6 is 0 Å². The van der Waals surface area contributed by atoms with E-state index in [0.717, 1.165) is 0 Å². The normalized spacial score (nSPS) is 12.2. The molecule has 2 aromatic heterocycles. The van der Waals surface area contributed by atoms with Crippen LogP contribution < -0.4 is 10.2 Å². The fourth-order valence-electron chi connectivity index (χ4n) is 1.65. The maximum absolute atomic E-state index is 9.45. The number of anilines is 2. The fraction of sp³-hybridized carbons (Fsp3) is 0.545. The lowest BCUT2D eigenvalue weighted by molar-refractivity contribution is 0.201. The van der Waals surface area contributed by atoms with Gasteiger partial charge in [-0.15, -0.1) is 0 Å². The van der Waals surface area contributed by atoms with Gasteiger partial charge in [0, 0.05) is 20.1 Å². The lowest BCUT2D eigenvalue weighted by Gasteiger charge is -2.19. The topological polar surface area (TPSA) is 105 Å². The zero-order valence-corrected chi connectivity index (χ0v) is 11.7. The van der Waals surface area contributed by atoms with Crippen LogP contribution in [0.4, 0.5) is 11.9 Å². The Morgan fingerprint density at radius 1 is 1.40 bits per heavy atom. The summed E-state index contributed by atoms with van der Waals surface area (Å²) in [6, 6.07) is 0. The predicted octanol–water partition coefficient (Wildman–Crippen LogP) is -0.299. The van der Waals surface area contributed by atoms with Crippen molar-refractivity contribution in [3.63, 3.8) is 0 Å². The van der Waals surface area contributed by atoms with Gasteiger partial charge in [0.2, 0.25) is 11.9 Å². The molecule has 0 spiro atoms. The van der Waals surface area contributed by atoms with Gasteiger partial charge >= 0.3 is 0 Å². The summed E-state index contributed by atoms with van der Waals surface area (Å²) in [5.41, 5.74) is 0. The minimum atomic E-state index is -0.478. The minimum Gasteiger partial charge on any atom is -0.392 e. The molecule has 2 N–H and O–H groups in total. The molecular formula is C11H18N8O. The first-order valence-corrected chi connectivity index (χ1v) is 6.34. The van der Waals surface area contributed by atoms with Crippen molar-refractivity contribution in [2.45, 2.75) is 20.0 Å². The van der Waals surface area contributed by atoms with Crippen molar-refractivity contribution in [3.8, 4) is 5.95 Å². The smallest absolute Gasteiger partial charge is 0.258 e. The van der Waals surface area contributed by atoms with E-state index >= 15 is 0 Å². The summed E-state index contributed by atoms with van der Waals surface area (Å²) in [5, 5.41) is 16.5. The van der Waals surface area contributed by atoms with Crippen LogP contribution in [0.25, 0.3) is 5.95 Å². The van der Waals surface area contributed by atoms with Crippen molar-refractivity contribution in [3.05, 3.63) is 12.7 Å². The molecule has 0 radical (unpaired) electrons. The lowest BCUT2D eigenvalue weighted by Crippen LogP contribution is -2.29. The molecule has 0 saturated heterocycles. The maximum Gasteiger partial charge on any atom is 0.258 e. The second-order valence-corrected chi connectivity index (χ2v) is 4.36. The van der Waals surface area contributed by atoms with Crippen LogP contribution in [0.1, 0.15) is 13.8 Å². The maximum atomic E-state index is 9.45. The summed E-state index contributed by atoms with van der Waals surface area (Å²) in [7, 11) is 1.81. The van der Waals surface area contributed by atoms with Crippen LogP contribution in [-0.4, -0.2) is 61.1 Å². The molecule has 0 saturated carbocycles. The van der Waals surface area contributed by atoms with Crippen LogP contribution in [0.15, 0.2) is 12.7 Å². The van der Waals surface area contributed by atoms with Gasteiger partial charge in [-0.1, -0.05) is 0 Å². The van der Waals surface area contributed by atoms with Gasteiger partial charge in [0.15, 0.2) is 0 Å². The molecule has 2 rings (SSSR count). The quantitative estimate of drug-likeness (QED) is 0.742. The molecule has 0 aliphatic carbocycles. The highest BCUT2D eigenvalue weighted by molar-refractivity contribution is 5.39. The Bertz CT molecular complexity index is 541. The third-order valence-corrected chi connectivity index (χ3v) is 2.45. The number of nitrogens with zero attached hydrogens (tertiary/aromatic N) is 7. The Morgan fingerprint density at radius 3 is 2.80 bits per heavy atom. The first-order valence-electron chi connectivity index (χ1n) is 6.34. The largest absolute Gasteiger partial charge is 0.392 e. The van der Waals surface area contributed by atoms with E-state index in [2.05, 4.69) is 30.4 Å². The summed E-state index contributed by atoms with van der Waals surface area (Å²) in [5.74, 6) is 1.30. The number of hydrogen-bond donors (Lipinski definition) is 2. The molecule has 0 bridgehead atoms. The molecular weight excluding hydrogens is 260 g/mol. The number of hydrogen-bond acceptors (Lipinski definition) is 8. The van der Waals surface area contributed by atoms with Gasteiger partial charge < -0.3 is 15.3 Å². The number of aromatic nitrogens is 6. The zero-order chi connectivity index (χ0) is 14.5. The highest BCUT2D eigenvalue weighted by atomic mass is 16.3. The molecule has 9 nitrogen and oxygen atoms in total. The first-order chi connectivity index (χ1) is 9.60. The molecule has 108 valence electrons. The van der Waals surface area contributed by atoms with Crippen molar-refractivity contribution in [2.75, 3.05) is 30.4 Å². The molecule has 0 aromatic carbocycles. The van der Waals surface area contributed by atoms with Gasteiger partial charge in [-0.05, 0) is 13.8 Å². The van der Waals surface area contributed by atoms with Crippen LogP contribution in [0.3, 0.4) is 0 Å². The molecule has 0 fully saturated rings. The number of aliphatic hydroxyl groups is 1. The molecule has 9 heteroatoms. The Morgan fingerprint density at radius 2 is 2.20 bits per heavy atom. The Balaban J connectivity index is 2.35. The number of likely N-dealkylation sites (N-methyl/N-ethyl adjacent to an activating group) is 1. The van der Waals surface area contributed by atoms with E-state index in [4.69, 9.17) is 0 Å². The molecule has 0 amide bonds. The molecule has 20 heavy (non-hydrogen) atoms. The number of rotatable bonds is 6. The van der Waals surface area contributed by atoms with E-state index in [1.54, 1.807) is 11.8 Å². The Hall–Kier alpha value is -2.29. The summed E-state index contributed by atoms with van der Waals surface area (Å²) in [6.45, 7) is 4.78. The number of aliphatic hydroxyl groups excluding tert-OH is 1. The van der Waals surface area contributed by atoms with Crippen LogP contribution in [0, 0.1) is 0 Å². The number of nitrogens with one attached hydrogen (secondary N) is 1. The second-order valence-electron chi connectivity index (χ2n) is 4.36. The molecule has 1 unspecified atom stereocenters. The third-order valence-electron chi connectivity index (χ3n) is 2.45. The average molecular weight is 278 g/mol. The Kier molecular flexibility index (Phi) is 4.41. The standard InChI is InChI=1S/C11H18N8O/c1-4-13-9-15-10(18(3)5-8(2)20)17-11(16-9)19-7-12-6-14-19/h6-8,20H,4-5H2,1-3H3,(H,13,15,16,17). The molecule has 1 atom stereocenters. The zero-order valence-electron chi connectivity index (χ0n) is 11.7. The minimum absolute atomic E-state index is 0.376. The van der Waals surface area contributed by atoms with Crippen molar-refractivity contribution in [1.29, 1.82) is 0 Å². The van der Waals surface area contributed by atoms with Gasteiger partial charge in [-0.2, -0.15) is 24.7 Å². The first kappa shape index (κ1) is 14.1. The van der Waals surface area contributed by atoms with Crippen LogP contribution in [0.2, 0.25) is 0 Å². The lowest BCUT2D eigenvalue weighted by atomic mass is 10.4. The van der Waals surface area contributed by atoms with Crippen molar-refractivity contribution in [1.82, 2.24) is 29.7 Å². The van der Waals surface area contributed by atoms with E-state index in [1.807, 2.05) is 14.0 Å². The van der Waals surface area contributed by atoms with Crippen LogP contribution in [-0.2, 0) is 0 Å². The summed E-state index contributed by atoms with van der Waals surface area (Å²) in [6.07, 6.45) is 2.45. The van der Waals surface area contributed by atoms with Crippen LogP contribution in [0.5, 0.6) is 0 Å². The van der Waals surface area contributed by atoms with Gasteiger partial charge in [-0.25, -0.2) is 4.98 Å². The summed E-state index contributed by atoms with van der Waals surface area (Å²) >= 11 is 0. The molecule has 2 heterocycles. The van der Waals surface area contributed by atoms with Crippen molar-refractivity contribution >= 4 is 11.9 Å². The highest BCUT2D eigenvalue weighted by Crippen LogP contribution is 2.11. The predicted molar refractivity (Wildman–Crippen MR) is 73.9 cm³/mol. The summed E-state index contributed by atoms with van der Waals surface area (Å²) in [4.78, 5) is 18.5. The fourth-order valence-corrected chi connectivity index (χ4v) is 1.65. The van der Waals surface area contributed by atoms with E-state index in [-0.39, 0.29) is 0 Å². The third kappa shape index (κ3) is 3.38. The van der Waals surface area contributed by atoms with Gasteiger partial charge in [0.05, 0.1) is 6.10 Å². The molecule has 2 aromatic rings. The van der Waals surface area contributed by atoms with Crippen molar-refractivity contribution < 1.29 is 5.11 Å². The van der Waals surface area contributed by atoms with E-state index in [0.29, 0.717) is 30.9 Å². The SMILES string of the molecule is CCNc1nc(N(C)CC(C)O)nc(-n2cncn2)n1. The second kappa shape index (κ2) is 6.24. The Labute approximate surface area is 116 Å². The molecule has 0 aliphatic rings. The van der Waals surface area contributed by atoms with Gasteiger partial charge in [0.1, 0.15) is 12.7 Å². The summed E-state index contributed by atoms with van der Waals surface area (Å²) < 4.78 is 1.46.